The molecule has 0 bridgehead atoms. The van der Waals surface area contributed by atoms with Gasteiger partial charge < -0.3 is 20.0 Å². The van der Waals surface area contributed by atoms with E-state index in [-0.39, 0.29) is 5.82 Å². The van der Waals surface area contributed by atoms with E-state index in [1.54, 1.807) is 12.1 Å². The first-order valence-corrected chi connectivity index (χ1v) is 13.2. The molecule has 198 valence electrons. The number of pyridine rings is 1. The van der Waals surface area contributed by atoms with Crippen LogP contribution >= 0.6 is 0 Å². The number of unbranched alkanes of at least 4 members (excludes halogenated alkanes) is 1. The minimum atomic E-state index is -0.116. The highest BCUT2D eigenvalue weighted by Gasteiger charge is 2.33. The Morgan fingerprint density at radius 3 is 2.69 bits per heavy atom. The number of ether oxygens (including phenoxy) is 1. The predicted molar refractivity (Wildman–Crippen MR) is 142 cm³/mol. The number of hydrogen-bond donors (Lipinski definition) is 2. The Kier molecular flexibility index (Phi) is 11.3. The molecule has 3 aliphatic rings. The van der Waals surface area contributed by atoms with Crippen LogP contribution in [0, 0.1) is 5.82 Å². The lowest BCUT2D eigenvalue weighted by Crippen LogP contribution is -2.46. The third-order valence-corrected chi connectivity index (χ3v) is 7.37. The lowest BCUT2D eigenvalue weighted by molar-refractivity contribution is -0.0980. The van der Waals surface area contributed by atoms with Crippen molar-refractivity contribution in [3.8, 4) is 0 Å². The minimum absolute atomic E-state index is 0.116. The van der Waals surface area contributed by atoms with E-state index in [2.05, 4.69) is 29.4 Å². The van der Waals surface area contributed by atoms with Crippen LogP contribution in [0.3, 0.4) is 0 Å². The number of aliphatic hydroxyl groups is 1. The highest BCUT2D eigenvalue weighted by Crippen LogP contribution is 2.42. The fourth-order valence-corrected chi connectivity index (χ4v) is 5.10. The van der Waals surface area contributed by atoms with Crippen molar-refractivity contribution in [3.05, 3.63) is 58.5 Å². The van der Waals surface area contributed by atoms with Crippen LogP contribution in [0.5, 0.6) is 0 Å². The average molecular weight is 500 g/mol. The van der Waals surface area contributed by atoms with Crippen LogP contribution in [-0.4, -0.2) is 61.2 Å². The Labute approximate surface area is 215 Å². The molecule has 5 rings (SSSR count). The molecule has 2 fully saturated rings. The Hall–Kier alpha value is -2.35. The van der Waals surface area contributed by atoms with Crippen molar-refractivity contribution in [1.29, 1.82) is 0 Å². The van der Waals surface area contributed by atoms with E-state index in [9.17, 15) is 4.39 Å². The van der Waals surface area contributed by atoms with Gasteiger partial charge in [-0.15, -0.1) is 0 Å². The monoisotopic (exact) mass is 499 g/mol. The number of aryl methyl sites for hydroxylation is 2. The number of aliphatic hydroxyl groups excluding tert-OH is 1. The zero-order valence-corrected chi connectivity index (χ0v) is 21.8. The molecule has 0 unspecified atom stereocenters. The number of hydrogen-bond acceptors (Lipinski definition) is 6. The number of rotatable bonds is 10. The Bertz CT molecular complexity index is 947. The molecule has 0 saturated heterocycles. The van der Waals surface area contributed by atoms with Crippen LogP contribution < -0.4 is 5.32 Å². The van der Waals surface area contributed by atoms with Crippen molar-refractivity contribution in [1.82, 2.24) is 9.88 Å². The molecule has 36 heavy (non-hydrogen) atoms. The van der Waals surface area contributed by atoms with Crippen LogP contribution in [0.2, 0.25) is 0 Å². The van der Waals surface area contributed by atoms with Gasteiger partial charge in [0.05, 0.1) is 6.10 Å². The van der Waals surface area contributed by atoms with Crippen molar-refractivity contribution in [2.75, 3.05) is 32.6 Å². The highest BCUT2D eigenvalue weighted by molar-refractivity contribution is 5.47. The van der Waals surface area contributed by atoms with Gasteiger partial charge in [-0.3, -0.25) is 4.90 Å². The first-order chi connectivity index (χ1) is 17.7. The van der Waals surface area contributed by atoms with E-state index in [4.69, 9.17) is 19.6 Å². The van der Waals surface area contributed by atoms with Crippen LogP contribution in [0.1, 0.15) is 73.2 Å². The van der Waals surface area contributed by atoms with Crippen molar-refractivity contribution in [2.24, 2.45) is 0 Å². The van der Waals surface area contributed by atoms with Crippen molar-refractivity contribution < 1.29 is 19.0 Å². The molecular weight excluding hydrogens is 457 g/mol. The molecule has 1 aliphatic heterocycles. The molecule has 7 heteroatoms. The molecule has 0 atom stereocenters. The van der Waals surface area contributed by atoms with Gasteiger partial charge in [-0.2, -0.15) is 0 Å². The molecule has 2 aromatic rings. The fourth-order valence-electron chi connectivity index (χ4n) is 5.10. The van der Waals surface area contributed by atoms with Crippen molar-refractivity contribution >= 4 is 12.6 Å². The Morgan fingerprint density at radius 2 is 1.94 bits per heavy atom. The number of nitrogens with zero attached hydrogens (tertiary/aromatic N) is 2. The topological polar surface area (TPSA) is 74.7 Å². The number of anilines is 1. The maximum Gasteiger partial charge on any atom is 0.129 e. The summed E-state index contributed by atoms with van der Waals surface area (Å²) in [4.78, 5) is 15.2. The second kappa shape index (κ2) is 14.4. The van der Waals surface area contributed by atoms with E-state index in [0.717, 1.165) is 71.1 Å². The zero-order valence-electron chi connectivity index (χ0n) is 21.8. The normalized spacial score (nSPS) is 20.1. The van der Waals surface area contributed by atoms with E-state index in [1.807, 2.05) is 12.9 Å². The maximum absolute atomic E-state index is 13.8. The number of fused-ring (bicyclic) bond motifs is 1. The summed E-state index contributed by atoms with van der Waals surface area (Å²) in [5.41, 5.74) is 5.07. The number of nitrogens with one attached hydrogen (secondary N) is 1. The minimum Gasteiger partial charge on any atom is -0.400 e. The molecule has 0 amide bonds. The standard InChI is InChI=1S/C27H36FN3O.CH4O.CH2O/c1-31(18-21-15-22(28)10-12-26(21)19-7-8-19)24-16-25(17-24)32-14-3-2-6-23-11-9-20-5-4-13-29-27(20)30-23;2*1-2/h9-12,15,19,24-25H,2-8,13-14,16-18H2,1H3,(H,29,30);2H,1H3;1H2. The van der Waals surface area contributed by atoms with Crippen LogP contribution in [0.25, 0.3) is 0 Å². The van der Waals surface area contributed by atoms with E-state index in [0.29, 0.717) is 18.1 Å². The van der Waals surface area contributed by atoms with Gasteiger partial charge in [0.2, 0.25) is 0 Å². The van der Waals surface area contributed by atoms with Gasteiger partial charge in [0.15, 0.2) is 0 Å². The number of carbonyl (C=O) groups is 1. The molecule has 0 radical (unpaired) electrons. The highest BCUT2D eigenvalue weighted by atomic mass is 19.1. The van der Waals surface area contributed by atoms with E-state index < -0.39 is 0 Å². The SMILES string of the molecule is C=O.CN(Cc1cc(F)ccc1C1CC1)C1CC(OCCCCc2ccc3c(n2)NCCC3)C1.CO. The lowest BCUT2D eigenvalue weighted by Gasteiger charge is -2.41. The quantitative estimate of drug-likeness (QED) is 0.454. The van der Waals surface area contributed by atoms with Gasteiger partial charge in [-0.25, -0.2) is 9.37 Å². The molecule has 6 nitrogen and oxygen atoms in total. The second-order valence-electron chi connectivity index (χ2n) is 9.95. The van der Waals surface area contributed by atoms with Crippen molar-refractivity contribution in [3.63, 3.8) is 0 Å². The van der Waals surface area contributed by atoms with Crippen LogP contribution in [0.15, 0.2) is 30.3 Å². The van der Waals surface area contributed by atoms with Gasteiger partial charge in [0.1, 0.15) is 18.4 Å². The predicted octanol–water partition coefficient (Wildman–Crippen LogP) is 4.88. The van der Waals surface area contributed by atoms with Gasteiger partial charge in [0, 0.05) is 38.5 Å². The Morgan fingerprint density at radius 1 is 1.17 bits per heavy atom. The second-order valence-corrected chi connectivity index (χ2v) is 9.95. The molecule has 2 aliphatic carbocycles. The third-order valence-electron chi connectivity index (χ3n) is 7.37. The largest absolute Gasteiger partial charge is 0.400 e. The molecule has 1 aromatic carbocycles. The summed E-state index contributed by atoms with van der Waals surface area (Å²) < 4.78 is 19.9. The summed E-state index contributed by atoms with van der Waals surface area (Å²) in [7, 11) is 3.17. The molecular formula is C29H42FN3O3. The number of carbonyl (C=O) groups excluding carboxylic acids is 1. The molecule has 2 N–H and O–H groups in total. The summed E-state index contributed by atoms with van der Waals surface area (Å²) in [6.07, 6.45) is 10.6. The molecule has 2 saturated carbocycles. The third kappa shape index (κ3) is 7.82. The molecule has 0 spiro atoms. The number of benzene rings is 1. The number of halogens is 1. The fraction of sp³-hybridized carbons (Fsp3) is 0.586. The number of aromatic nitrogens is 1. The summed E-state index contributed by atoms with van der Waals surface area (Å²) in [6.45, 7) is 4.71. The Balaban J connectivity index is 0.000000861. The van der Waals surface area contributed by atoms with Gasteiger partial charge in [-0.05, 0) is 106 Å². The van der Waals surface area contributed by atoms with Gasteiger partial charge in [0.25, 0.3) is 0 Å². The summed E-state index contributed by atoms with van der Waals surface area (Å²) in [5.74, 6) is 1.64. The molecule has 1 aromatic heterocycles. The summed E-state index contributed by atoms with van der Waals surface area (Å²) in [5, 5.41) is 10.4. The average Bonchev–Trinajstić information content (AvgIpc) is 3.73. The zero-order chi connectivity index (χ0) is 25.9. The first-order valence-electron chi connectivity index (χ1n) is 13.2. The maximum atomic E-state index is 13.8. The van der Waals surface area contributed by atoms with E-state index in [1.165, 1.54) is 41.6 Å². The first kappa shape index (κ1) is 28.2. The van der Waals surface area contributed by atoms with Gasteiger partial charge in [-0.1, -0.05) is 12.1 Å². The van der Waals surface area contributed by atoms with E-state index >= 15 is 0 Å². The summed E-state index contributed by atoms with van der Waals surface area (Å²) in [6, 6.07) is 10.3. The van der Waals surface area contributed by atoms with Gasteiger partial charge >= 0.3 is 0 Å². The summed E-state index contributed by atoms with van der Waals surface area (Å²) >= 11 is 0. The molecule has 2 heterocycles. The van der Waals surface area contributed by atoms with Crippen LogP contribution in [0.4, 0.5) is 10.2 Å². The smallest absolute Gasteiger partial charge is 0.129 e. The van der Waals surface area contributed by atoms with Crippen LogP contribution in [-0.2, 0) is 28.9 Å². The van der Waals surface area contributed by atoms with Crippen molar-refractivity contribution in [2.45, 2.75) is 82.4 Å². The lowest BCUT2D eigenvalue weighted by atomic mass is 9.87.